The number of ether oxygens (including phenoxy) is 1. The van der Waals surface area contributed by atoms with Gasteiger partial charge in [0.1, 0.15) is 5.75 Å². The zero-order valence-electron chi connectivity index (χ0n) is 11.0. The van der Waals surface area contributed by atoms with E-state index in [1.54, 1.807) is 7.11 Å². The molecule has 0 saturated carbocycles. The van der Waals surface area contributed by atoms with Gasteiger partial charge >= 0.3 is 0 Å². The Balaban J connectivity index is 2.43. The predicted molar refractivity (Wildman–Crippen MR) is 71.8 cm³/mol. The molecule has 3 nitrogen and oxygen atoms in total. The Hall–Kier alpha value is -1.22. The lowest BCUT2D eigenvalue weighted by Crippen LogP contribution is -2.20. The second-order valence-electron chi connectivity index (χ2n) is 4.33. The fourth-order valence-electron chi connectivity index (χ4n) is 1.75. The summed E-state index contributed by atoms with van der Waals surface area (Å²) < 4.78 is 5.20. The number of hydrogen-bond acceptors (Lipinski definition) is 3. The molecule has 0 aliphatic carbocycles. The number of methoxy groups -OCH3 is 1. The van der Waals surface area contributed by atoms with Crippen LogP contribution in [-0.4, -0.2) is 31.9 Å². The maximum Gasteiger partial charge on any atom is 0.120 e. The van der Waals surface area contributed by atoms with E-state index in [1.807, 2.05) is 25.1 Å². The number of benzene rings is 1. The second-order valence-corrected chi connectivity index (χ2v) is 4.33. The van der Waals surface area contributed by atoms with Gasteiger partial charge in [-0.3, -0.25) is 0 Å². The van der Waals surface area contributed by atoms with Gasteiger partial charge in [-0.15, -0.1) is 0 Å². The van der Waals surface area contributed by atoms with E-state index in [4.69, 9.17) is 4.74 Å². The van der Waals surface area contributed by atoms with Crippen LogP contribution in [0.25, 0.3) is 0 Å². The van der Waals surface area contributed by atoms with Crippen LogP contribution < -0.4 is 9.64 Å². The highest BCUT2D eigenvalue weighted by Crippen LogP contribution is 2.20. The molecule has 0 aromatic heterocycles. The molecule has 96 valence electrons. The van der Waals surface area contributed by atoms with Crippen LogP contribution in [0.15, 0.2) is 24.3 Å². The molecule has 0 spiro atoms. The van der Waals surface area contributed by atoms with Crippen molar-refractivity contribution in [2.45, 2.75) is 32.3 Å². The summed E-state index contributed by atoms with van der Waals surface area (Å²) in [6.45, 7) is 2.96. The molecule has 1 atom stereocenters. The third-order valence-corrected chi connectivity index (χ3v) is 3.00. The Kier molecular flexibility index (Phi) is 5.84. The van der Waals surface area contributed by atoms with Gasteiger partial charge in [0.15, 0.2) is 0 Å². The highest BCUT2D eigenvalue weighted by molar-refractivity contribution is 5.49. The van der Waals surface area contributed by atoms with Crippen molar-refractivity contribution in [2.24, 2.45) is 0 Å². The molecule has 3 heteroatoms. The van der Waals surface area contributed by atoms with Crippen LogP contribution in [0.4, 0.5) is 5.69 Å². The van der Waals surface area contributed by atoms with Crippen molar-refractivity contribution in [3.63, 3.8) is 0 Å². The van der Waals surface area contributed by atoms with Gasteiger partial charge in [-0.25, -0.2) is 0 Å². The van der Waals surface area contributed by atoms with Gasteiger partial charge in [0.05, 0.1) is 13.2 Å². The first kappa shape index (κ1) is 13.8. The number of hydrogen-bond donors (Lipinski definition) is 1. The van der Waals surface area contributed by atoms with Crippen LogP contribution in [-0.2, 0) is 0 Å². The molecule has 1 unspecified atom stereocenters. The second kappa shape index (κ2) is 7.17. The molecule has 1 N–H and O–H groups in total. The first-order valence-corrected chi connectivity index (χ1v) is 6.20. The summed E-state index contributed by atoms with van der Waals surface area (Å²) in [6.07, 6.45) is 2.55. The van der Waals surface area contributed by atoms with Gasteiger partial charge in [0.25, 0.3) is 0 Å². The summed E-state index contributed by atoms with van der Waals surface area (Å²) in [5, 5.41) is 9.49. The Morgan fingerprint density at radius 1 is 1.41 bits per heavy atom. The fourth-order valence-corrected chi connectivity index (χ4v) is 1.75. The van der Waals surface area contributed by atoms with Gasteiger partial charge in [0.2, 0.25) is 0 Å². The van der Waals surface area contributed by atoms with Gasteiger partial charge in [0, 0.05) is 25.3 Å². The molecular weight excluding hydrogens is 214 g/mol. The van der Waals surface area contributed by atoms with E-state index < -0.39 is 0 Å². The summed E-state index contributed by atoms with van der Waals surface area (Å²) in [5.41, 5.74) is 1.15. The van der Waals surface area contributed by atoms with Crippen molar-refractivity contribution in [2.75, 3.05) is 25.6 Å². The van der Waals surface area contributed by atoms with Crippen molar-refractivity contribution < 1.29 is 9.84 Å². The van der Waals surface area contributed by atoms with Crippen molar-refractivity contribution in [3.8, 4) is 5.75 Å². The van der Waals surface area contributed by atoms with Crippen molar-refractivity contribution >= 4 is 5.69 Å². The molecule has 0 aliphatic rings. The Morgan fingerprint density at radius 2 is 2.18 bits per heavy atom. The summed E-state index contributed by atoms with van der Waals surface area (Å²) >= 11 is 0. The van der Waals surface area contributed by atoms with Gasteiger partial charge < -0.3 is 14.7 Å². The fraction of sp³-hybridized carbons (Fsp3) is 0.571. The standard InChI is InChI=1S/C14H23NO2/c1-4-13(16)8-6-10-15(2)12-7-5-9-14(11-12)17-3/h5,7,9,11,13,16H,4,6,8,10H2,1-3H3. The smallest absolute Gasteiger partial charge is 0.120 e. The minimum absolute atomic E-state index is 0.159. The average Bonchev–Trinajstić information content (AvgIpc) is 2.38. The van der Waals surface area contributed by atoms with E-state index in [0.29, 0.717) is 0 Å². The van der Waals surface area contributed by atoms with E-state index in [2.05, 4.69) is 18.0 Å². The minimum Gasteiger partial charge on any atom is -0.497 e. The van der Waals surface area contributed by atoms with E-state index >= 15 is 0 Å². The number of rotatable bonds is 7. The maximum absolute atomic E-state index is 9.49. The Morgan fingerprint density at radius 3 is 2.82 bits per heavy atom. The molecule has 0 heterocycles. The third-order valence-electron chi connectivity index (χ3n) is 3.00. The number of aliphatic hydroxyl groups is 1. The lowest BCUT2D eigenvalue weighted by atomic mass is 10.1. The average molecular weight is 237 g/mol. The van der Waals surface area contributed by atoms with Crippen LogP contribution >= 0.6 is 0 Å². The van der Waals surface area contributed by atoms with Crippen molar-refractivity contribution in [1.82, 2.24) is 0 Å². The highest BCUT2D eigenvalue weighted by atomic mass is 16.5. The SMILES string of the molecule is CCC(O)CCCN(C)c1cccc(OC)c1. The van der Waals surface area contributed by atoms with Crippen LogP contribution in [0.5, 0.6) is 5.75 Å². The lowest BCUT2D eigenvalue weighted by molar-refractivity contribution is 0.158. The third kappa shape index (κ3) is 4.65. The number of anilines is 1. The first-order valence-electron chi connectivity index (χ1n) is 6.20. The molecule has 17 heavy (non-hydrogen) atoms. The van der Waals surface area contributed by atoms with Gasteiger partial charge in [-0.1, -0.05) is 13.0 Å². The first-order chi connectivity index (χ1) is 8.17. The lowest BCUT2D eigenvalue weighted by Gasteiger charge is -2.20. The molecule has 1 aromatic carbocycles. The highest BCUT2D eigenvalue weighted by Gasteiger charge is 2.04. The molecule has 1 aromatic rings. The van der Waals surface area contributed by atoms with Crippen molar-refractivity contribution in [3.05, 3.63) is 24.3 Å². The van der Waals surface area contributed by atoms with E-state index in [1.165, 1.54) is 0 Å². The summed E-state index contributed by atoms with van der Waals surface area (Å²) in [4.78, 5) is 2.19. The van der Waals surface area contributed by atoms with E-state index in [0.717, 1.165) is 37.2 Å². The molecule has 0 bridgehead atoms. The van der Waals surface area contributed by atoms with Crippen LogP contribution in [0, 0.1) is 0 Å². The van der Waals surface area contributed by atoms with Crippen LogP contribution in [0.1, 0.15) is 26.2 Å². The zero-order chi connectivity index (χ0) is 12.7. The van der Waals surface area contributed by atoms with E-state index in [-0.39, 0.29) is 6.10 Å². The molecule has 0 aliphatic heterocycles. The molecule has 0 saturated heterocycles. The molecule has 1 rings (SSSR count). The number of nitrogens with zero attached hydrogens (tertiary/aromatic N) is 1. The molecular formula is C14H23NO2. The molecule has 0 amide bonds. The monoisotopic (exact) mass is 237 g/mol. The van der Waals surface area contributed by atoms with E-state index in [9.17, 15) is 5.11 Å². The van der Waals surface area contributed by atoms with Gasteiger partial charge in [-0.2, -0.15) is 0 Å². The Labute approximate surface area is 104 Å². The topological polar surface area (TPSA) is 32.7 Å². The predicted octanol–water partition coefficient (Wildman–Crippen LogP) is 2.68. The Bertz CT molecular complexity index is 328. The normalized spacial score (nSPS) is 12.2. The summed E-state index contributed by atoms with van der Waals surface area (Å²) in [6, 6.07) is 8.03. The molecule has 0 radical (unpaired) electrons. The largest absolute Gasteiger partial charge is 0.497 e. The minimum atomic E-state index is -0.159. The van der Waals surface area contributed by atoms with Crippen LogP contribution in [0.3, 0.4) is 0 Å². The molecule has 0 fully saturated rings. The summed E-state index contributed by atoms with van der Waals surface area (Å²) in [7, 11) is 3.74. The quantitative estimate of drug-likeness (QED) is 0.791. The summed E-state index contributed by atoms with van der Waals surface area (Å²) in [5.74, 6) is 0.878. The zero-order valence-corrected chi connectivity index (χ0v) is 11.0. The van der Waals surface area contributed by atoms with Crippen LogP contribution in [0.2, 0.25) is 0 Å². The maximum atomic E-state index is 9.49. The van der Waals surface area contributed by atoms with Crippen molar-refractivity contribution in [1.29, 1.82) is 0 Å². The van der Waals surface area contributed by atoms with Gasteiger partial charge in [-0.05, 0) is 31.4 Å². The number of aliphatic hydroxyl groups excluding tert-OH is 1.